The van der Waals surface area contributed by atoms with Crippen LogP contribution in [0, 0.1) is 12.7 Å². The van der Waals surface area contributed by atoms with Crippen LogP contribution in [0.5, 0.6) is 5.75 Å². The molecule has 0 spiro atoms. The summed E-state index contributed by atoms with van der Waals surface area (Å²) in [5.74, 6) is 0.319. The molecule has 1 atom stereocenters. The number of aryl methyl sites for hydroxylation is 1. The van der Waals surface area contributed by atoms with Crippen molar-refractivity contribution in [3.8, 4) is 5.75 Å². The molecule has 0 aliphatic carbocycles. The van der Waals surface area contributed by atoms with Crippen LogP contribution in [0.1, 0.15) is 11.1 Å². The molecule has 3 heteroatoms. The first kappa shape index (κ1) is 8.51. The molecule has 2 nitrogen and oxygen atoms in total. The molecule has 2 rings (SSSR count). The Morgan fingerprint density at radius 3 is 3.08 bits per heavy atom. The Kier molecular flexibility index (Phi) is 1.96. The van der Waals surface area contributed by atoms with E-state index in [1.54, 1.807) is 13.0 Å². The van der Waals surface area contributed by atoms with Gasteiger partial charge in [-0.2, -0.15) is 0 Å². The zero-order chi connectivity index (χ0) is 9.42. The van der Waals surface area contributed by atoms with E-state index < -0.39 is 0 Å². The van der Waals surface area contributed by atoms with Crippen molar-refractivity contribution in [1.82, 2.24) is 0 Å². The Hall–Kier alpha value is -1.09. The van der Waals surface area contributed by atoms with Crippen molar-refractivity contribution in [3.05, 3.63) is 29.1 Å². The topological polar surface area (TPSA) is 29.5 Å². The molecule has 1 aromatic carbocycles. The first-order chi connectivity index (χ1) is 6.20. The smallest absolute Gasteiger partial charge is 0.129 e. The van der Waals surface area contributed by atoms with Crippen LogP contribution in [0.15, 0.2) is 12.1 Å². The molecular weight excluding hydrogens is 171 g/mol. The predicted molar refractivity (Wildman–Crippen MR) is 46.3 cm³/mol. The van der Waals surface area contributed by atoms with E-state index in [1.165, 1.54) is 6.07 Å². The van der Waals surface area contributed by atoms with Gasteiger partial charge in [0.1, 0.15) is 17.7 Å². The monoisotopic (exact) mass is 182 g/mol. The summed E-state index contributed by atoms with van der Waals surface area (Å²) >= 11 is 0. The van der Waals surface area contributed by atoms with Gasteiger partial charge in [-0.1, -0.05) is 0 Å². The molecule has 70 valence electrons. The molecule has 1 aliphatic heterocycles. The lowest BCUT2D eigenvalue weighted by Gasteiger charge is -2.05. The van der Waals surface area contributed by atoms with Crippen LogP contribution in [0.3, 0.4) is 0 Å². The van der Waals surface area contributed by atoms with E-state index in [1.807, 2.05) is 0 Å². The quantitative estimate of drug-likeness (QED) is 0.712. The lowest BCUT2D eigenvalue weighted by atomic mass is 10.1. The van der Waals surface area contributed by atoms with Gasteiger partial charge in [-0.25, -0.2) is 4.39 Å². The van der Waals surface area contributed by atoms with Crippen molar-refractivity contribution >= 4 is 0 Å². The summed E-state index contributed by atoms with van der Waals surface area (Å²) in [7, 11) is 0. The van der Waals surface area contributed by atoms with Gasteiger partial charge < -0.3 is 9.84 Å². The Balaban J connectivity index is 2.36. The van der Waals surface area contributed by atoms with Gasteiger partial charge in [0.05, 0.1) is 6.61 Å². The number of halogens is 1. The van der Waals surface area contributed by atoms with Crippen LogP contribution in [0.4, 0.5) is 4.39 Å². The van der Waals surface area contributed by atoms with Gasteiger partial charge in [0.15, 0.2) is 0 Å². The fraction of sp³-hybridized carbons (Fsp3) is 0.400. The van der Waals surface area contributed by atoms with E-state index >= 15 is 0 Å². The highest BCUT2D eigenvalue weighted by Gasteiger charge is 2.23. The molecule has 0 saturated heterocycles. The van der Waals surface area contributed by atoms with Crippen LogP contribution < -0.4 is 4.74 Å². The maximum atomic E-state index is 13.1. The average molecular weight is 182 g/mol. The maximum absolute atomic E-state index is 13.1. The number of aliphatic hydroxyl groups excluding tert-OH is 1. The minimum absolute atomic E-state index is 0.0185. The molecule has 0 aromatic heterocycles. The van der Waals surface area contributed by atoms with Crippen molar-refractivity contribution in [2.45, 2.75) is 19.4 Å². The largest absolute Gasteiger partial charge is 0.487 e. The fourth-order valence-electron chi connectivity index (χ4n) is 1.56. The number of benzene rings is 1. The summed E-state index contributed by atoms with van der Waals surface area (Å²) in [5, 5.41) is 8.86. The number of ether oxygens (including phenoxy) is 1. The molecule has 0 fully saturated rings. The van der Waals surface area contributed by atoms with Gasteiger partial charge in [0.25, 0.3) is 0 Å². The van der Waals surface area contributed by atoms with E-state index in [2.05, 4.69) is 0 Å². The number of hydrogen-bond acceptors (Lipinski definition) is 2. The summed E-state index contributed by atoms with van der Waals surface area (Å²) in [6.45, 7) is 1.71. The fourth-order valence-corrected chi connectivity index (χ4v) is 1.56. The van der Waals surface area contributed by atoms with Gasteiger partial charge >= 0.3 is 0 Å². The third-order valence-electron chi connectivity index (χ3n) is 2.29. The van der Waals surface area contributed by atoms with Crippen LogP contribution in [0.2, 0.25) is 0 Å². The molecule has 13 heavy (non-hydrogen) atoms. The minimum atomic E-state index is -0.252. The molecular formula is C10H11FO2. The molecule has 0 amide bonds. The zero-order valence-electron chi connectivity index (χ0n) is 7.38. The number of rotatable bonds is 1. The van der Waals surface area contributed by atoms with Crippen LogP contribution >= 0.6 is 0 Å². The van der Waals surface area contributed by atoms with E-state index in [0.29, 0.717) is 17.7 Å². The standard InChI is InChI=1S/C10H11FO2/c1-6-2-7-3-8(5-12)13-10(7)4-9(6)11/h2,4,8,12H,3,5H2,1H3. The third kappa shape index (κ3) is 1.40. The van der Waals surface area contributed by atoms with E-state index in [-0.39, 0.29) is 18.5 Å². The minimum Gasteiger partial charge on any atom is -0.487 e. The lowest BCUT2D eigenvalue weighted by molar-refractivity contribution is 0.134. The molecule has 1 N–H and O–H groups in total. The lowest BCUT2D eigenvalue weighted by Crippen LogP contribution is -2.17. The summed E-state index contributed by atoms with van der Waals surface area (Å²) in [6.07, 6.45) is 0.476. The van der Waals surface area contributed by atoms with Crippen molar-refractivity contribution in [2.75, 3.05) is 6.61 Å². The van der Waals surface area contributed by atoms with Crippen molar-refractivity contribution in [3.63, 3.8) is 0 Å². The molecule has 0 bridgehead atoms. The SMILES string of the molecule is Cc1cc2c(cc1F)OC(CO)C2. The number of hydrogen-bond donors (Lipinski definition) is 1. The summed E-state index contributed by atoms with van der Waals surface area (Å²) in [4.78, 5) is 0. The predicted octanol–water partition coefficient (Wildman–Crippen LogP) is 1.43. The Labute approximate surface area is 76.0 Å². The number of fused-ring (bicyclic) bond motifs is 1. The highest BCUT2D eigenvalue weighted by atomic mass is 19.1. The van der Waals surface area contributed by atoms with E-state index in [9.17, 15) is 4.39 Å². The van der Waals surface area contributed by atoms with Crippen molar-refractivity contribution < 1.29 is 14.2 Å². The van der Waals surface area contributed by atoms with Gasteiger partial charge in [-0.3, -0.25) is 0 Å². The first-order valence-corrected chi connectivity index (χ1v) is 4.27. The van der Waals surface area contributed by atoms with Crippen molar-refractivity contribution in [1.29, 1.82) is 0 Å². The number of aliphatic hydroxyl groups is 1. The molecule has 0 radical (unpaired) electrons. The molecule has 1 unspecified atom stereocenters. The second-order valence-corrected chi connectivity index (χ2v) is 3.34. The van der Waals surface area contributed by atoms with E-state index in [0.717, 1.165) is 5.56 Å². The van der Waals surface area contributed by atoms with Crippen LogP contribution in [-0.2, 0) is 6.42 Å². The second-order valence-electron chi connectivity index (χ2n) is 3.34. The Morgan fingerprint density at radius 2 is 2.38 bits per heavy atom. The van der Waals surface area contributed by atoms with Crippen LogP contribution in [-0.4, -0.2) is 17.8 Å². The van der Waals surface area contributed by atoms with Gasteiger partial charge in [-0.15, -0.1) is 0 Å². The summed E-state index contributed by atoms with van der Waals surface area (Å²) in [6, 6.07) is 3.17. The van der Waals surface area contributed by atoms with Crippen molar-refractivity contribution in [2.24, 2.45) is 0 Å². The van der Waals surface area contributed by atoms with Gasteiger partial charge in [-0.05, 0) is 24.1 Å². The third-order valence-corrected chi connectivity index (χ3v) is 2.29. The Bertz CT molecular complexity index is 305. The Morgan fingerprint density at radius 1 is 1.62 bits per heavy atom. The second kappa shape index (κ2) is 3.00. The summed E-state index contributed by atoms with van der Waals surface area (Å²) < 4.78 is 18.4. The molecule has 1 aromatic rings. The first-order valence-electron chi connectivity index (χ1n) is 4.27. The highest BCUT2D eigenvalue weighted by Crippen LogP contribution is 2.30. The molecule has 0 saturated carbocycles. The highest BCUT2D eigenvalue weighted by molar-refractivity contribution is 5.41. The average Bonchev–Trinajstić information content (AvgIpc) is 2.48. The molecule has 1 aliphatic rings. The zero-order valence-corrected chi connectivity index (χ0v) is 7.38. The van der Waals surface area contributed by atoms with E-state index in [4.69, 9.17) is 9.84 Å². The maximum Gasteiger partial charge on any atom is 0.129 e. The normalized spacial score (nSPS) is 19.8. The molecule has 1 heterocycles. The van der Waals surface area contributed by atoms with Gasteiger partial charge in [0, 0.05) is 12.5 Å². The van der Waals surface area contributed by atoms with Gasteiger partial charge in [0.2, 0.25) is 0 Å². The summed E-state index contributed by atoms with van der Waals surface area (Å²) in [5.41, 5.74) is 1.61. The van der Waals surface area contributed by atoms with Crippen LogP contribution in [0.25, 0.3) is 0 Å².